The third kappa shape index (κ3) is 5.64. The van der Waals surface area contributed by atoms with Gasteiger partial charge in [0.15, 0.2) is 0 Å². The van der Waals surface area contributed by atoms with Crippen LogP contribution < -0.4 is 10.6 Å². The molecule has 3 aromatic carbocycles. The van der Waals surface area contributed by atoms with E-state index >= 15 is 0 Å². The fourth-order valence-electron chi connectivity index (χ4n) is 4.28. The van der Waals surface area contributed by atoms with Gasteiger partial charge in [-0.3, -0.25) is 4.79 Å². The molecule has 1 aliphatic carbocycles. The average Bonchev–Trinajstić information content (AvgIpc) is 3.17. The maximum atomic E-state index is 12.6. The summed E-state index contributed by atoms with van der Waals surface area (Å²) in [6, 6.07) is 20.3. The van der Waals surface area contributed by atoms with E-state index in [2.05, 4.69) is 34.9 Å². The minimum Gasteiger partial charge on any atom is -0.478 e. The van der Waals surface area contributed by atoms with Gasteiger partial charge in [0.05, 0.1) is 11.3 Å². The van der Waals surface area contributed by atoms with E-state index < -0.39 is 18.1 Å². The predicted molar refractivity (Wildman–Crippen MR) is 142 cm³/mol. The van der Waals surface area contributed by atoms with Crippen molar-refractivity contribution in [3.63, 3.8) is 0 Å². The zero-order chi connectivity index (χ0) is 24.9. The Kier molecular flexibility index (Phi) is 7.70. The number of anilines is 1. The molecule has 180 valence electrons. The minimum atomic E-state index is -1.07. The lowest BCUT2D eigenvalue weighted by Crippen LogP contribution is -2.38. The zero-order valence-corrected chi connectivity index (χ0v) is 21.2. The molecule has 1 atom stereocenters. The number of halogens is 1. The Morgan fingerprint density at radius 3 is 2.23 bits per heavy atom. The first-order valence-electron chi connectivity index (χ1n) is 11.3. The highest BCUT2D eigenvalue weighted by molar-refractivity contribution is 14.1. The van der Waals surface area contributed by atoms with Gasteiger partial charge in [-0.15, -0.1) is 0 Å². The van der Waals surface area contributed by atoms with E-state index in [9.17, 15) is 19.5 Å². The van der Waals surface area contributed by atoms with Crippen molar-refractivity contribution in [1.29, 1.82) is 0 Å². The van der Waals surface area contributed by atoms with Crippen LogP contribution in [0.3, 0.4) is 0 Å². The van der Waals surface area contributed by atoms with Crippen LogP contribution in [0.5, 0.6) is 0 Å². The van der Waals surface area contributed by atoms with Crippen molar-refractivity contribution in [2.24, 2.45) is 0 Å². The number of hydrogen-bond acceptors (Lipinski definition) is 4. The third-order valence-electron chi connectivity index (χ3n) is 6.08. The molecular weight excluding hydrogens is 559 g/mol. The maximum Gasteiger partial charge on any atom is 0.407 e. The Morgan fingerprint density at radius 2 is 1.63 bits per heavy atom. The number of fused-ring (bicyclic) bond motifs is 3. The molecule has 3 N–H and O–H groups in total. The van der Waals surface area contributed by atoms with Crippen LogP contribution in [-0.4, -0.2) is 35.7 Å². The van der Waals surface area contributed by atoms with Crippen molar-refractivity contribution in [2.45, 2.75) is 31.7 Å². The van der Waals surface area contributed by atoms with Crippen LogP contribution in [0.2, 0.25) is 0 Å². The molecule has 1 unspecified atom stereocenters. The molecule has 0 bridgehead atoms. The van der Waals surface area contributed by atoms with Crippen LogP contribution in [0.25, 0.3) is 11.1 Å². The number of benzene rings is 3. The summed E-state index contributed by atoms with van der Waals surface area (Å²) >= 11 is 2.03. The number of ether oxygens (including phenoxy) is 1. The number of rotatable bonds is 8. The highest BCUT2D eigenvalue weighted by atomic mass is 127. The Morgan fingerprint density at radius 1 is 1.00 bits per heavy atom. The highest BCUT2D eigenvalue weighted by Gasteiger charge is 2.29. The van der Waals surface area contributed by atoms with E-state index in [4.69, 9.17) is 4.74 Å². The molecule has 0 spiro atoms. The van der Waals surface area contributed by atoms with Gasteiger partial charge in [0.2, 0.25) is 5.91 Å². The quantitative estimate of drug-likeness (QED) is 0.298. The van der Waals surface area contributed by atoms with Crippen molar-refractivity contribution in [3.05, 3.63) is 87.0 Å². The molecule has 0 aromatic heterocycles. The lowest BCUT2D eigenvalue weighted by molar-refractivity contribution is -0.116. The van der Waals surface area contributed by atoms with Crippen molar-refractivity contribution < 1.29 is 24.2 Å². The van der Waals surface area contributed by atoms with Crippen molar-refractivity contribution in [2.75, 3.05) is 11.9 Å². The second kappa shape index (κ2) is 10.9. The predicted octanol–water partition coefficient (Wildman–Crippen LogP) is 5.64. The second-order valence-electron chi connectivity index (χ2n) is 8.33. The van der Waals surface area contributed by atoms with Gasteiger partial charge in [-0.05, 0) is 69.5 Å². The summed E-state index contributed by atoms with van der Waals surface area (Å²) in [5, 5.41) is 14.7. The van der Waals surface area contributed by atoms with E-state index in [1.165, 1.54) is 12.1 Å². The van der Waals surface area contributed by atoms with Crippen LogP contribution in [0.4, 0.5) is 10.5 Å². The van der Waals surface area contributed by atoms with Gasteiger partial charge in [0.25, 0.3) is 0 Å². The van der Waals surface area contributed by atoms with Gasteiger partial charge in [0, 0.05) is 22.0 Å². The normalized spacial score (nSPS) is 12.9. The molecule has 35 heavy (non-hydrogen) atoms. The third-order valence-corrected chi connectivity index (χ3v) is 7.02. The average molecular weight is 584 g/mol. The summed E-state index contributed by atoms with van der Waals surface area (Å²) in [5.74, 6) is -1.43. The molecule has 0 fully saturated rings. The Bertz CT molecular complexity index is 1230. The van der Waals surface area contributed by atoms with Gasteiger partial charge < -0.3 is 20.5 Å². The molecule has 0 aliphatic heterocycles. The molecule has 0 radical (unpaired) electrons. The van der Waals surface area contributed by atoms with E-state index in [0.717, 1.165) is 25.8 Å². The fourth-order valence-corrected chi connectivity index (χ4v) is 4.75. The smallest absolute Gasteiger partial charge is 0.407 e. The van der Waals surface area contributed by atoms with Gasteiger partial charge in [0.1, 0.15) is 6.61 Å². The van der Waals surface area contributed by atoms with Gasteiger partial charge >= 0.3 is 12.1 Å². The van der Waals surface area contributed by atoms with Gasteiger partial charge in [-0.25, -0.2) is 9.59 Å². The largest absolute Gasteiger partial charge is 0.478 e. The number of nitrogens with one attached hydrogen (secondary N) is 2. The minimum absolute atomic E-state index is 0.0358. The number of carboxylic acid groups (broad SMARTS) is 1. The standard InChI is InChI=1S/C27H25IN2O5/c1-2-17(14-25(31)30-24-13-16(26(32)33)11-12-23(24)28)29-27(34)35-15-22-20-9-5-3-7-18(20)19-8-4-6-10-21(19)22/h3-13,17,22H,2,14-15H2,1H3,(H,29,34)(H,30,31)(H,32,33). The number of alkyl carbamates (subject to hydrolysis) is 1. The van der Waals surface area contributed by atoms with E-state index in [0.29, 0.717) is 12.1 Å². The molecule has 4 rings (SSSR count). The molecule has 7 nitrogen and oxygen atoms in total. The Labute approximate surface area is 217 Å². The monoisotopic (exact) mass is 584 g/mol. The molecule has 3 aromatic rings. The zero-order valence-electron chi connectivity index (χ0n) is 19.1. The number of carboxylic acids is 1. The van der Waals surface area contributed by atoms with Crippen LogP contribution in [0.15, 0.2) is 66.7 Å². The first-order chi connectivity index (χ1) is 16.9. The van der Waals surface area contributed by atoms with Crippen LogP contribution >= 0.6 is 22.6 Å². The van der Waals surface area contributed by atoms with E-state index in [1.54, 1.807) is 6.07 Å². The summed E-state index contributed by atoms with van der Waals surface area (Å²) in [6.07, 6.45) is -0.00762. The summed E-state index contributed by atoms with van der Waals surface area (Å²) in [5.41, 5.74) is 5.08. The maximum absolute atomic E-state index is 12.6. The number of hydrogen-bond donors (Lipinski definition) is 3. The summed E-state index contributed by atoms with van der Waals surface area (Å²) in [7, 11) is 0. The molecule has 0 saturated carbocycles. The Hall–Kier alpha value is -3.40. The van der Waals surface area contributed by atoms with Crippen LogP contribution in [0.1, 0.15) is 47.2 Å². The molecule has 2 amide bonds. The second-order valence-corrected chi connectivity index (χ2v) is 9.49. The molecule has 8 heteroatoms. The van der Waals surface area contributed by atoms with E-state index in [1.807, 2.05) is 53.8 Å². The van der Waals surface area contributed by atoms with Crippen LogP contribution in [0, 0.1) is 3.57 Å². The van der Waals surface area contributed by atoms with Gasteiger partial charge in [-0.2, -0.15) is 0 Å². The first kappa shape index (κ1) is 24.7. The first-order valence-corrected chi connectivity index (χ1v) is 12.4. The molecule has 0 heterocycles. The highest BCUT2D eigenvalue weighted by Crippen LogP contribution is 2.44. The SMILES string of the molecule is CCC(CC(=O)Nc1cc(C(=O)O)ccc1I)NC(=O)OCC1c2ccccc2-c2ccccc21. The lowest BCUT2D eigenvalue weighted by atomic mass is 9.98. The van der Waals surface area contributed by atoms with E-state index in [-0.39, 0.29) is 30.4 Å². The fraction of sp³-hybridized carbons (Fsp3) is 0.222. The topological polar surface area (TPSA) is 105 Å². The van der Waals surface area contributed by atoms with Crippen molar-refractivity contribution in [3.8, 4) is 11.1 Å². The summed E-state index contributed by atoms with van der Waals surface area (Å²) < 4.78 is 6.31. The summed E-state index contributed by atoms with van der Waals surface area (Å²) in [4.78, 5) is 36.4. The lowest BCUT2D eigenvalue weighted by Gasteiger charge is -2.19. The van der Waals surface area contributed by atoms with Crippen molar-refractivity contribution in [1.82, 2.24) is 5.32 Å². The van der Waals surface area contributed by atoms with Crippen molar-refractivity contribution >= 4 is 46.2 Å². The van der Waals surface area contributed by atoms with Gasteiger partial charge in [-0.1, -0.05) is 55.5 Å². The Balaban J connectivity index is 1.34. The molecule has 0 saturated heterocycles. The number of aromatic carboxylic acids is 1. The van der Waals surface area contributed by atoms with Crippen LogP contribution in [-0.2, 0) is 9.53 Å². The summed E-state index contributed by atoms with van der Waals surface area (Å²) in [6.45, 7) is 2.07. The number of carbonyl (C=O) groups excluding carboxylic acids is 2. The molecular formula is C27H25IN2O5. The molecule has 1 aliphatic rings. The number of amides is 2. The number of carbonyl (C=O) groups is 3.